The molecular weight excluding hydrogens is 452 g/mol. The summed E-state index contributed by atoms with van der Waals surface area (Å²) in [4.78, 5) is 26.0. The van der Waals surface area contributed by atoms with Gasteiger partial charge in [-0.3, -0.25) is 9.59 Å². The van der Waals surface area contributed by atoms with Gasteiger partial charge in [0.05, 0.1) is 31.2 Å². The van der Waals surface area contributed by atoms with Crippen LogP contribution in [0.25, 0.3) is 0 Å². The maximum absolute atomic E-state index is 13.1. The number of aliphatic hydroxyl groups is 2. The first-order chi connectivity index (χ1) is 16.8. The van der Waals surface area contributed by atoms with Crippen molar-refractivity contribution < 1.29 is 24.5 Å². The summed E-state index contributed by atoms with van der Waals surface area (Å²) in [6.07, 6.45) is 10.2. The van der Waals surface area contributed by atoms with Crippen LogP contribution in [0.1, 0.15) is 92.9 Å². The number of carbonyl (C=O) groups is 2. The molecule has 36 heavy (non-hydrogen) atoms. The molecule has 2 N–H and O–H groups in total. The molecule has 0 saturated heterocycles. The summed E-state index contributed by atoms with van der Waals surface area (Å²) in [5.41, 5.74) is 1.50. The Balaban J connectivity index is 1.73. The van der Waals surface area contributed by atoms with E-state index in [-0.39, 0.29) is 52.4 Å². The number of esters is 1. The second-order valence-corrected chi connectivity index (χ2v) is 13.6. The minimum atomic E-state index is -0.685. The molecule has 0 aromatic rings. The molecule has 5 nitrogen and oxygen atoms in total. The lowest BCUT2D eigenvalue weighted by Gasteiger charge is -2.63. The fraction of sp³-hybridized carbons (Fsp3) is 0.806. The highest BCUT2D eigenvalue weighted by molar-refractivity contribution is 5.86. The second kappa shape index (κ2) is 9.38. The molecule has 0 unspecified atom stereocenters. The molecule has 3 fully saturated rings. The van der Waals surface area contributed by atoms with Crippen molar-refractivity contribution in [1.29, 1.82) is 0 Å². The number of ether oxygens (including phenoxy) is 1. The normalized spacial score (nSPS) is 44.6. The van der Waals surface area contributed by atoms with Gasteiger partial charge in [0.1, 0.15) is 5.78 Å². The van der Waals surface area contributed by atoms with Gasteiger partial charge in [0.15, 0.2) is 0 Å². The molecule has 9 atom stereocenters. The van der Waals surface area contributed by atoms with Crippen molar-refractivity contribution in [3.8, 4) is 0 Å². The van der Waals surface area contributed by atoms with Gasteiger partial charge >= 0.3 is 5.97 Å². The topological polar surface area (TPSA) is 83.8 Å². The number of hydrogen-bond donors (Lipinski definition) is 2. The van der Waals surface area contributed by atoms with E-state index < -0.39 is 11.5 Å². The van der Waals surface area contributed by atoms with Crippen LogP contribution in [-0.2, 0) is 14.3 Å². The Kier molecular flexibility index (Phi) is 7.18. The zero-order valence-electron chi connectivity index (χ0n) is 23.5. The molecule has 4 aliphatic carbocycles. The molecule has 202 valence electrons. The largest absolute Gasteiger partial charge is 0.469 e. The quantitative estimate of drug-likeness (QED) is 0.364. The Morgan fingerprint density at radius 3 is 2.53 bits per heavy atom. The average molecular weight is 501 g/mol. The van der Waals surface area contributed by atoms with Crippen LogP contribution in [0.4, 0.5) is 0 Å². The highest BCUT2D eigenvalue weighted by atomic mass is 16.5. The fourth-order valence-corrected chi connectivity index (χ4v) is 9.51. The number of hydrogen-bond acceptors (Lipinski definition) is 5. The van der Waals surface area contributed by atoms with Crippen molar-refractivity contribution in [3.63, 3.8) is 0 Å². The predicted octanol–water partition coefficient (Wildman–Crippen LogP) is 5.64. The van der Waals surface area contributed by atoms with Crippen LogP contribution in [0, 0.1) is 45.3 Å². The minimum absolute atomic E-state index is 0.0476. The molecule has 4 aliphatic rings. The van der Waals surface area contributed by atoms with Crippen molar-refractivity contribution in [2.24, 2.45) is 45.3 Å². The van der Waals surface area contributed by atoms with Crippen molar-refractivity contribution in [3.05, 3.63) is 23.3 Å². The zero-order valence-corrected chi connectivity index (χ0v) is 23.5. The highest BCUT2D eigenvalue weighted by Gasteiger charge is 2.68. The zero-order chi connectivity index (χ0) is 26.7. The van der Waals surface area contributed by atoms with Gasteiger partial charge in [-0.25, -0.2) is 0 Å². The molecule has 3 saturated carbocycles. The first-order valence-electron chi connectivity index (χ1n) is 14.0. The first kappa shape index (κ1) is 27.6. The molecular formula is C31H48O5. The number of ketones is 1. The van der Waals surface area contributed by atoms with E-state index in [0.717, 1.165) is 32.1 Å². The van der Waals surface area contributed by atoms with E-state index in [9.17, 15) is 19.8 Å². The van der Waals surface area contributed by atoms with E-state index in [0.29, 0.717) is 25.2 Å². The maximum Gasteiger partial charge on any atom is 0.309 e. The van der Waals surface area contributed by atoms with Crippen LogP contribution < -0.4 is 0 Å². The molecule has 0 aromatic carbocycles. The van der Waals surface area contributed by atoms with Gasteiger partial charge in [-0.05, 0) is 86.9 Å². The summed E-state index contributed by atoms with van der Waals surface area (Å²) in [7, 11) is 1.46. The number of fused-ring (bicyclic) bond motifs is 5. The van der Waals surface area contributed by atoms with Gasteiger partial charge in [0.2, 0.25) is 0 Å². The lowest BCUT2D eigenvalue weighted by molar-refractivity contribution is -0.156. The van der Waals surface area contributed by atoms with Gasteiger partial charge in [0, 0.05) is 12.3 Å². The van der Waals surface area contributed by atoms with Crippen LogP contribution in [0.15, 0.2) is 23.3 Å². The summed E-state index contributed by atoms with van der Waals surface area (Å²) in [5, 5.41) is 21.9. The average Bonchev–Trinajstić information content (AvgIpc) is 3.04. The summed E-state index contributed by atoms with van der Waals surface area (Å²) in [6, 6.07) is 0. The van der Waals surface area contributed by atoms with Crippen molar-refractivity contribution >= 4 is 11.8 Å². The third kappa shape index (κ3) is 3.78. The molecule has 4 rings (SSSR count). The molecule has 0 aliphatic heterocycles. The number of methoxy groups -OCH3 is 1. The Morgan fingerprint density at radius 2 is 1.92 bits per heavy atom. The smallest absolute Gasteiger partial charge is 0.309 e. The summed E-state index contributed by atoms with van der Waals surface area (Å²) in [6.45, 7) is 13.0. The summed E-state index contributed by atoms with van der Waals surface area (Å²) in [5.74, 6) is -0.0220. The molecule has 0 amide bonds. The standard InChI is InChI=1S/C31H48O5/c1-19(2)9-8-10-20(27(35)36-7)26-23(33)17-31(6)22-11-12-24-28(3,21(22)13-16-30(26,31)5)15-14-25(34)29(24,4)18-32/h9,11,20-21,23-24,26,32-33H,8,10,12-18H2,1-7H3/t20-,21+,23+,24-,26-,28-,29-,30+,31-/m1/s1. The van der Waals surface area contributed by atoms with Crippen molar-refractivity contribution in [2.75, 3.05) is 13.7 Å². The number of rotatable bonds is 6. The summed E-state index contributed by atoms with van der Waals surface area (Å²) >= 11 is 0. The van der Waals surface area contributed by atoms with Crippen LogP contribution in [0.2, 0.25) is 0 Å². The van der Waals surface area contributed by atoms with E-state index in [1.165, 1.54) is 18.3 Å². The highest BCUT2D eigenvalue weighted by Crippen LogP contribution is 2.73. The number of aliphatic hydroxyl groups excluding tert-OH is 2. The van der Waals surface area contributed by atoms with Gasteiger partial charge in [-0.15, -0.1) is 0 Å². The molecule has 0 aromatic heterocycles. The molecule has 0 bridgehead atoms. The van der Waals surface area contributed by atoms with E-state index in [4.69, 9.17) is 4.74 Å². The van der Waals surface area contributed by atoms with Crippen LogP contribution >= 0.6 is 0 Å². The predicted molar refractivity (Wildman–Crippen MR) is 141 cm³/mol. The number of allylic oxidation sites excluding steroid dienone is 4. The maximum atomic E-state index is 13.1. The Labute approximate surface area is 217 Å². The van der Waals surface area contributed by atoms with Gasteiger partial charge in [-0.2, -0.15) is 0 Å². The number of carbonyl (C=O) groups excluding carboxylic acids is 2. The summed E-state index contributed by atoms with van der Waals surface area (Å²) < 4.78 is 5.29. The van der Waals surface area contributed by atoms with Crippen molar-refractivity contribution in [2.45, 2.75) is 99.0 Å². The molecule has 5 heteroatoms. The lowest BCUT2D eigenvalue weighted by atomic mass is 9.41. The Morgan fingerprint density at radius 1 is 1.22 bits per heavy atom. The first-order valence-corrected chi connectivity index (χ1v) is 14.0. The van der Waals surface area contributed by atoms with Gasteiger partial charge < -0.3 is 14.9 Å². The van der Waals surface area contributed by atoms with E-state index in [2.05, 4.69) is 46.8 Å². The minimum Gasteiger partial charge on any atom is -0.469 e. The molecule has 0 radical (unpaired) electrons. The Hall–Kier alpha value is -1.46. The van der Waals surface area contributed by atoms with Gasteiger partial charge in [0.25, 0.3) is 0 Å². The van der Waals surface area contributed by atoms with E-state index in [1.54, 1.807) is 0 Å². The lowest BCUT2D eigenvalue weighted by Crippen LogP contribution is -2.59. The third-order valence-electron chi connectivity index (χ3n) is 11.8. The van der Waals surface area contributed by atoms with Crippen molar-refractivity contribution in [1.82, 2.24) is 0 Å². The molecule has 0 heterocycles. The van der Waals surface area contributed by atoms with Gasteiger partial charge in [-0.1, -0.05) is 51.0 Å². The van der Waals surface area contributed by atoms with E-state index >= 15 is 0 Å². The number of Topliss-reactive ketones (excluding diaryl/α,β-unsaturated/α-hetero) is 1. The van der Waals surface area contributed by atoms with E-state index in [1.807, 2.05) is 6.92 Å². The monoisotopic (exact) mass is 500 g/mol. The molecule has 0 spiro atoms. The van der Waals surface area contributed by atoms with Crippen LogP contribution in [0.5, 0.6) is 0 Å². The fourth-order valence-electron chi connectivity index (χ4n) is 9.51. The third-order valence-corrected chi connectivity index (χ3v) is 11.8. The van der Waals surface area contributed by atoms with Crippen LogP contribution in [0.3, 0.4) is 0 Å². The SMILES string of the molecule is COC(=O)[C@H](CCC=C(C)C)[C@@H]1[C@@H](O)C[C@]2(C)C3=CC[C@@H]4[C@](C)(CCC(=O)[C@]4(C)CO)[C@H]3CC[C@@]12C. The Bertz CT molecular complexity index is 962. The van der Waals surface area contributed by atoms with Crippen LogP contribution in [-0.4, -0.2) is 41.8 Å². The second-order valence-electron chi connectivity index (χ2n) is 13.6.